The Kier molecular flexibility index (Phi) is 4.87. The number of ether oxygens (including phenoxy) is 1. The lowest BCUT2D eigenvalue weighted by Gasteiger charge is -2.28. The van der Waals surface area contributed by atoms with Gasteiger partial charge in [0.25, 0.3) is 0 Å². The number of hydrogen-bond donors (Lipinski definition) is 1. The van der Waals surface area contributed by atoms with E-state index in [0.717, 1.165) is 24.7 Å². The summed E-state index contributed by atoms with van der Waals surface area (Å²) in [5.41, 5.74) is 6.13. The molecule has 1 saturated carbocycles. The van der Waals surface area contributed by atoms with E-state index in [4.69, 9.17) is 10.5 Å². The number of para-hydroxylation sites is 1. The highest BCUT2D eigenvalue weighted by Gasteiger charge is 2.20. The highest BCUT2D eigenvalue weighted by atomic mass is 16.5. The smallest absolute Gasteiger partial charge is 0.119 e. The van der Waals surface area contributed by atoms with Gasteiger partial charge < -0.3 is 10.5 Å². The molecule has 2 heteroatoms. The van der Waals surface area contributed by atoms with Crippen molar-refractivity contribution in [1.82, 2.24) is 0 Å². The van der Waals surface area contributed by atoms with Gasteiger partial charge >= 0.3 is 0 Å². The van der Waals surface area contributed by atoms with Crippen LogP contribution >= 0.6 is 0 Å². The van der Waals surface area contributed by atoms with Crippen molar-refractivity contribution >= 4 is 0 Å². The maximum atomic E-state index is 6.13. The Morgan fingerprint density at radius 3 is 2.65 bits per heavy atom. The van der Waals surface area contributed by atoms with Crippen molar-refractivity contribution in [2.24, 2.45) is 11.7 Å². The second-order valence-corrected chi connectivity index (χ2v) is 5.01. The Labute approximate surface area is 104 Å². The van der Waals surface area contributed by atoms with Crippen LogP contribution in [-0.2, 0) is 0 Å². The summed E-state index contributed by atoms with van der Waals surface area (Å²) in [5.74, 6) is 1.70. The van der Waals surface area contributed by atoms with E-state index in [2.05, 4.69) is 0 Å². The Hall–Kier alpha value is -1.02. The molecule has 0 heterocycles. The van der Waals surface area contributed by atoms with Gasteiger partial charge in [0.1, 0.15) is 5.75 Å². The summed E-state index contributed by atoms with van der Waals surface area (Å²) in [7, 11) is 0. The third-order valence-electron chi connectivity index (χ3n) is 3.70. The van der Waals surface area contributed by atoms with Crippen LogP contribution in [0.4, 0.5) is 0 Å². The summed E-state index contributed by atoms with van der Waals surface area (Å²) in [6.07, 6.45) is 7.54. The molecular formula is C15H23NO. The van der Waals surface area contributed by atoms with Crippen molar-refractivity contribution in [3.8, 4) is 5.75 Å². The predicted molar refractivity (Wildman–Crippen MR) is 71.1 cm³/mol. The lowest BCUT2D eigenvalue weighted by Crippen LogP contribution is -2.33. The van der Waals surface area contributed by atoms with E-state index in [-0.39, 0.29) is 0 Å². The average Bonchev–Trinajstić information content (AvgIpc) is 2.38. The van der Waals surface area contributed by atoms with E-state index in [0.29, 0.717) is 6.04 Å². The summed E-state index contributed by atoms with van der Waals surface area (Å²) in [6.45, 7) is 0.813. The van der Waals surface area contributed by atoms with Crippen LogP contribution in [-0.4, -0.2) is 12.6 Å². The van der Waals surface area contributed by atoms with Crippen LogP contribution < -0.4 is 10.5 Å². The van der Waals surface area contributed by atoms with Gasteiger partial charge in [-0.3, -0.25) is 0 Å². The molecule has 1 aliphatic rings. The minimum atomic E-state index is 0.431. The zero-order valence-corrected chi connectivity index (χ0v) is 10.5. The number of rotatable bonds is 5. The SMILES string of the molecule is NC1CCCCC1CCCOc1ccccc1. The molecule has 0 spiro atoms. The van der Waals surface area contributed by atoms with E-state index >= 15 is 0 Å². The first kappa shape index (κ1) is 12.4. The van der Waals surface area contributed by atoms with Gasteiger partial charge in [0.2, 0.25) is 0 Å². The third-order valence-corrected chi connectivity index (χ3v) is 3.70. The maximum absolute atomic E-state index is 6.13. The Morgan fingerprint density at radius 1 is 1.12 bits per heavy atom. The molecule has 0 bridgehead atoms. The first-order valence-electron chi connectivity index (χ1n) is 6.79. The number of nitrogens with two attached hydrogens (primary N) is 1. The molecule has 2 N–H and O–H groups in total. The van der Waals surface area contributed by atoms with E-state index in [1.807, 2.05) is 30.3 Å². The van der Waals surface area contributed by atoms with E-state index in [1.165, 1.54) is 32.1 Å². The molecule has 2 nitrogen and oxygen atoms in total. The lowest BCUT2D eigenvalue weighted by atomic mass is 9.82. The Bertz CT molecular complexity index is 312. The minimum absolute atomic E-state index is 0.431. The van der Waals surface area contributed by atoms with Crippen LogP contribution in [0.1, 0.15) is 38.5 Å². The second-order valence-electron chi connectivity index (χ2n) is 5.01. The zero-order valence-electron chi connectivity index (χ0n) is 10.5. The lowest BCUT2D eigenvalue weighted by molar-refractivity contribution is 0.249. The molecule has 0 aromatic heterocycles. The van der Waals surface area contributed by atoms with Crippen LogP contribution in [0.3, 0.4) is 0 Å². The third kappa shape index (κ3) is 4.04. The van der Waals surface area contributed by atoms with E-state index in [9.17, 15) is 0 Å². The van der Waals surface area contributed by atoms with Gasteiger partial charge in [-0.15, -0.1) is 0 Å². The topological polar surface area (TPSA) is 35.2 Å². The Morgan fingerprint density at radius 2 is 1.88 bits per heavy atom. The van der Waals surface area contributed by atoms with Gasteiger partial charge in [-0.05, 0) is 43.7 Å². The molecule has 2 rings (SSSR count). The highest BCUT2D eigenvalue weighted by molar-refractivity contribution is 5.20. The van der Waals surface area contributed by atoms with Crippen LogP contribution in [0, 0.1) is 5.92 Å². The van der Waals surface area contributed by atoms with Crippen molar-refractivity contribution < 1.29 is 4.74 Å². The fraction of sp³-hybridized carbons (Fsp3) is 0.600. The molecule has 2 atom stereocenters. The Balaban J connectivity index is 1.63. The van der Waals surface area contributed by atoms with Crippen LogP contribution in [0.5, 0.6) is 5.75 Å². The minimum Gasteiger partial charge on any atom is -0.494 e. The first-order chi connectivity index (χ1) is 8.36. The zero-order chi connectivity index (χ0) is 11.9. The fourth-order valence-electron chi connectivity index (χ4n) is 2.65. The van der Waals surface area contributed by atoms with E-state index < -0.39 is 0 Å². The van der Waals surface area contributed by atoms with Gasteiger partial charge in [0.05, 0.1) is 6.61 Å². The fourth-order valence-corrected chi connectivity index (χ4v) is 2.65. The van der Waals surface area contributed by atoms with Gasteiger partial charge in [0, 0.05) is 6.04 Å². The predicted octanol–water partition coefficient (Wildman–Crippen LogP) is 3.36. The monoisotopic (exact) mass is 233 g/mol. The summed E-state index contributed by atoms with van der Waals surface area (Å²) in [4.78, 5) is 0. The molecule has 1 aromatic rings. The van der Waals surface area contributed by atoms with Crippen LogP contribution in [0.25, 0.3) is 0 Å². The highest BCUT2D eigenvalue weighted by Crippen LogP contribution is 2.26. The normalized spacial score (nSPS) is 24.5. The quantitative estimate of drug-likeness (QED) is 0.791. The first-order valence-corrected chi connectivity index (χ1v) is 6.79. The molecular weight excluding hydrogens is 210 g/mol. The number of benzene rings is 1. The van der Waals surface area contributed by atoms with Crippen molar-refractivity contribution in [2.45, 2.75) is 44.6 Å². The molecule has 17 heavy (non-hydrogen) atoms. The van der Waals surface area contributed by atoms with Crippen molar-refractivity contribution in [3.63, 3.8) is 0 Å². The summed E-state index contributed by atoms with van der Waals surface area (Å²) in [5, 5.41) is 0. The largest absolute Gasteiger partial charge is 0.494 e. The van der Waals surface area contributed by atoms with Crippen LogP contribution in [0.2, 0.25) is 0 Å². The molecule has 0 radical (unpaired) electrons. The second kappa shape index (κ2) is 6.65. The molecule has 0 aliphatic heterocycles. The maximum Gasteiger partial charge on any atom is 0.119 e. The van der Waals surface area contributed by atoms with Gasteiger partial charge in [-0.1, -0.05) is 31.0 Å². The summed E-state index contributed by atoms with van der Waals surface area (Å²) < 4.78 is 5.69. The van der Waals surface area contributed by atoms with Gasteiger partial charge in [-0.25, -0.2) is 0 Å². The number of hydrogen-bond acceptors (Lipinski definition) is 2. The standard InChI is InChI=1S/C15H23NO/c16-15-11-5-4-7-13(15)8-6-12-17-14-9-2-1-3-10-14/h1-3,9-10,13,15H,4-8,11-12,16H2. The van der Waals surface area contributed by atoms with Crippen molar-refractivity contribution in [1.29, 1.82) is 0 Å². The molecule has 1 fully saturated rings. The van der Waals surface area contributed by atoms with Crippen LogP contribution in [0.15, 0.2) is 30.3 Å². The summed E-state index contributed by atoms with van der Waals surface area (Å²) in [6, 6.07) is 10.5. The summed E-state index contributed by atoms with van der Waals surface area (Å²) >= 11 is 0. The molecule has 0 amide bonds. The molecule has 94 valence electrons. The molecule has 0 saturated heterocycles. The molecule has 1 aliphatic carbocycles. The van der Waals surface area contributed by atoms with E-state index in [1.54, 1.807) is 0 Å². The average molecular weight is 233 g/mol. The van der Waals surface area contributed by atoms with Gasteiger partial charge in [-0.2, -0.15) is 0 Å². The van der Waals surface area contributed by atoms with Gasteiger partial charge in [0.15, 0.2) is 0 Å². The molecule has 1 aromatic carbocycles. The molecule has 2 unspecified atom stereocenters. The van der Waals surface area contributed by atoms with Crippen molar-refractivity contribution in [2.75, 3.05) is 6.61 Å². The van der Waals surface area contributed by atoms with Crippen molar-refractivity contribution in [3.05, 3.63) is 30.3 Å².